The second-order valence-corrected chi connectivity index (χ2v) is 6.09. The molecule has 1 aliphatic rings. The molecule has 3 atom stereocenters. The SMILES string of the molecule is COCCN(C(=O)C(C)C1CCCC(N)C1)C(C)C. The summed E-state index contributed by atoms with van der Waals surface area (Å²) >= 11 is 0. The fourth-order valence-corrected chi connectivity index (χ4v) is 3.00. The van der Waals surface area contributed by atoms with Gasteiger partial charge >= 0.3 is 0 Å². The smallest absolute Gasteiger partial charge is 0.225 e. The van der Waals surface area contributed by atoms with E-state index in [2.05, 4.69) is 20.8 Å². The van der Waals surface area contributed by atoms with Crippen molar-refractivity contribution in [3.8, 4) is 0 Å². The molecule has 0 heterocycles. The number of amides is 1. The first-order valence-corrected chi connectivity index (χ1v) is 7.52. The van der Waals surface area contributed by atoms with Crippen molar-refractivity contribution in [2.45, 2.75) is 58.5 Å². The maximum absolute atomic E-state index is 12.6. The summed E-state index contributed by atoms with van der Waals surface area (Å²) in [7, 11) is 1.67. The van der Waals surface area contributed by atoms with Crippen LogP contribution in [0.2, 0.25) is 0 Å². The molecular formula is C15H30N2O2. The van der Waals surface area contributed by atoms with Crippen molar-refractivity contribution in [2.75, 3.05) is 20.3 Å². The molecule has 0 spiro atoms. The zero-order chi connectivity index (χ0) is 14.4. The molecule has 0 aliphatic heterocycles. The fraction of sp³-hybridized carbons (Fsp3) is 0.933. The van der Waals surface area contributed by atoms with Crippen LogP contribution in [0.3, 0.4) is 0 Å². The van der Waals surface area contributed by atoms with Gasteiger partial charge in [-0.1, -0.05) is 13.3 Å². The summed E-state index contributed by atoms with van der Waals surface area (Å²) in [6.45, 7) is 7.46. The largest absolute Gasteiger partial charge is 0.383 e. The molecule has 2 N–H and O–H groups in total. The lowest BCUT2D eigenvalue weighted by atomic mass is 9.78. The number of rotatable bonds is 6. The quantitative estimate of drug-likeness (QED) is 0.803. The van der Waals surface area contributed by atoms with Crippen LogP contribution < -0.4 is 5.73 Å². The predicted molar refractivity (Wildman–Crippen MR) is 77.8 cm³/mol. The van der Waals surface area contributed by atoms with Crippen molar-refractivity contribution in [3.05, 3.63) is 0 Å². The van der Waals surface area contributed by atoms with E-state index in [1.807, 2.05) is 4.90 Å². The molecule has 0 aromatic rings. The molecule has 3 unspecified atom stereocenters. The first-order valence-electron chi connectivity index (χ1n) is 7.52. The maximum Gasteiger partial charge on any atom is 0.225 e. The third-order valence-electron chi connectivity index (χ3n) is 4.29. The summed E-state index contributed by atoms with van der Waals surface area (Å²) in [5.74, 6) is 0.775. The van der Waals surface area contributed by atoms with E-state index in [1.165, 1.54) is 0 Å². The number of carbonyl (C=O) groups excluding carboxylic acids is 1. The number of hydrogen-bond acceptors (Lipinski definition) is 3. The van der Waals surface area contributed by atoms with Crippen LogP contribution in [0.1, 0.15) is 46.5 Å². The number of carbonyl (C=O) groups is 1. The molecule has 4 nitrogen and oxygen atoms in total. The van der Waals surface area contributed by atoms with Crippen molar-refractivity contribution in [2.24, 2.45) is 17.6 Å². The van der Waals surface area contributed by atoms with Gasteiger partial charge in [0.2, 0.25) is 5.91 Å². The Balaban J connectivity index is 2.61. The van der Waals surface area contributed by atoms with Gasteiger partial charge in [0.25, 0.3) is 0 Å². The van der Waals surface area contributed by atoms with Gasteiger partial charge in [-0.2, -0.15) is 0 Å². The summed E-state index contributed by atoms with van der Waals surface area (Å²) in [5.41, 5.74) is 6.03. The van der Waals surface area contributed by atoms with Gasteiger partial charge in [0, 0.05) is 31.7 Å². The van der Waals surface area contributed by atoms with Gasteiger partial charge in [-0.3, -0.25) is 4.79 Å². The van der Waals surface area contributed by atoms with Crippen molar-refractivity contribution in [3.63, 3.8) is 0 Å². The Bertz CT molecular complexity index is 281. The number of nitrogens with zero attached hydrogens (tertiary/aromatic N) is 1. The lowest BCUT2D eigenvalue weighted by molar-refractivity contribution is -0.139. The van der Waals surface area contributed by atoms with Crippen LogP contribution in [0.5, 0.6) is 0 Å². The van der Waals surface area contributed by atoms with Crippen LogP contribution >= 0.6 is 0 Å². The predicted octanol–water partition coefficient (Wildman–Crippen LogP) is 2.02. The molecule has 1 aliphatic carbocycles. The minimum Gasteiger partial charge on any atom is -0.383 e. The van der Waals surface area contributed by atoms with Gasteiger partial charge in [0.05, 0.1) is 6.61 Å². The standard InChI is InChI=1S/C15H30N2O2/c1-11(2)17(8-9-19-4)15(18)12(3)13-6-5-7-14(16)10-13/h11-14H,5-10,16H2,1-4H3. The molecule has 0 radical (unpaired) electrons. The molecule has 0 saturated heterocycles. The van der Waals surface area contributed by atoms with E-state index in [9.17, 15) is 4.79 Å². The number of nitrogens with two attached hydrogens (primary N) is 1. The third kappa shape index (κ3) is 4.77. The fourth-order valence-electron chi connectivity index (χ4n) is 3.00. The average Bonchev–Trinajstić information content (AvgIpc) is 2.37. The van der Waals surface area contributed by atoms with Gasteiger partial charge in [0.15, 0.2) is 0 Å². The van der Waals surface area contributed by atoms with Gasteiger partial charge < -0.3 is 15.4 Å². The highest BCUT2D eigenvalue weighted by molar-refractivity contribution is 5.79. The summed E-state index contributed by atoms with van der Waals surface area (Å²) in [6.07, 6.45) is 4.39. The Morgan fingerprint density at radius 3 is 2.58 bits per heavy atom. The van der Waals surface area contributed by atoms with E-state index in [0.717, 1.165) is 25.7 Å². The van der Waals surface area contributed by atoms with Crippen molar-refractivity contribution >= 4 is 5.91 Å². The first kappa shape index (κ1) is 16.4. The van der Waals surface area contributed by atoms with Crippen molar-refractivity contribution in [1.82, 2.24) is 4.90 Å². The molecular weight excluding hydrogens is 240 g/mol. The van der Waals surface area contributed by atoms with Gasteiger partial charge in [-0.15, -0.1) is 0 Å². The number of ether oxygens (including phenoxy) is 1. The summed E-state index contributed by atoms with van der Waals surface area (Å²) in [6, 6.07) is 0.503. The highest BCUT2D eigenvalue weighted by Crippen LogP contribution is 2.30. The molecule has 1 saturated carbocycles. The molecule has 112 valence electrons. The number of methoxy groups -OCH3 is 1. The number of hydrogen-bond donors (Lipinski definition) is 1. The van der Waals surface area contributed by atoms with E-state index in [-0.39, 0.29) is 23.9 Å². The molecule has 1 fully saturated rings. The second kappa shape index (κ2) is 7.85. The minimum absolute atomic E-state index is 0.0746. The van der Waals surface area contributed by atoms with Crippen molar-refractivity contribution in [1.29, 1.82) is 0 Å². The highest BCUT2D eigenvalue weighted by Gasteiger charge is 2.31. The van der Waals surface area contributed by atoms with Crippen LogP contribution in [0.15, 0.2) is 0 Å². The normalized spacial score (nSPS) is 25.4. The molecule has 4 heteroatoms. The van der Waals surface area contributed by atoms with Crippen LogP contribution in [0.25, 0.3) is 0 Å². The Hall–Kier alpha value is -0.610. The van der Waals surface area contributed by atoms with Crippen LogP contribution in [-0.4, -0.2) is 43.2 Å². The minimum atomic E-state index is 0.0746. The molecule has 0 aromatic carbocycles. The Labute approximate surface area is 117 Å². The molecule has 0 aromatic heterocycles. The van der Waals surface area contributed by atoms with Gasteiger partial charge in [-0.25, -0.2) is 0 Å². The average molecular weight is 270 g/mol. The zero-order valence-corrected chi connectivity index (χ0v) is 12.9. The lowest BCUT2D eigenvalue weighted by Crippen LogP contribution is -2.45. The molecule has 1 amide bonds. The monoisotopic (exact) mass is 270 g/mol. The summed E-state index contributed by atoms with van der Waals surface area (Å²) in [4.78, 5) is 14.6. The summed E-state index contributed by atoms with van der Waals surface area (Å²) < 4.78 is 5.10. The van der Waals surface area contributed by atoms with E-state index in [0.29, 0.717) is 19.1 Å². The van der Waals surface area contributed by atoms with E-state index < -0.39 is 0 Å². The summed E-state index contributed by atoms with van der Waals surface area (Å²) in [5, 5.41) is 0. The zero-order valence-electron chi connectivity index (χ0n) is 12.9. The highest BCUT2D eigenvalue weighted by atomic mass is 16.5. The van der Waals surface area contributed by atoms with Crippen molar-refractivity contribution < 1.29 is 9.53 Å². The topological polar surface area (TPSA) is 55.6 Å². The van der Waals surface area contributed by atoms with E-state index in [4.69, 9.17) is 10.5 Å². The Morgan fingerprint density at radius 1 is 1.37 bits per heavy atom. The van der Waals surface area contributed by atoms with Crippen LogP contribution in [-0.2, 0) is 9.53 Å². The Morgan fingerprint density at radius 2 is 2.05 bits per heavy atom. The lowest BCUT2D eigenvalue weighted by Gasteiger charge is -2.35. The molecule has 0 bridgehead atoms. The van der Waals surface area contributed by atoms with E-state index in [1.54, 1.807) is 7.11 Å². The van der Waals surface area contributed by atoms with Gasteiger partial charge in [0.1, 0.15) is 0 Å². The first-order chi connectivity index (χ1) is 8.97. The van der Waals surface area contributed by atoms with Gasteiger partial charge in [-0.05, 0) is 39.0 Å². The van der Waals surface area contributed by atoms with Crippen LogP contribution in [0, 0.1) is 11.8 Å². The molecule has 19 heavy (non-hydrogen) atoms. The Kier molecular flexibility index (Phi) is 6.80. The van der Waals surface area contributed by atoms with Crippen LogP contribution in [0.4, 0.5) is 0 Å². The third-order valence-corrected chi connectivity index (χ3v) is 4.29. The molecule has 1 rings (SSSR count). The van der Waals surface area contributed by atoms with E-state index >= 15 is 0 Å². The second-order valence-electron chi connectivity index (χ2n) is 6.09. The maximum atomic E-state index is 12.6.